The molecule has 1 aromatic heterocycles. The van der Waals surface area contributed by atoms with Crippen LogP contribution in [0.4, 0.5) is 0 Å². The van der Waals surface area contributed by atoms with Crippen LogP contribution >= 0.6 is 11.6 Å². The monoisotopic (exact) mass is 308 g/mol. The summed E-state index contributed by atoms with van der Waals surface area (Å²) >= 11 is 5.84. The van der Waals surface area contributed by atoms with E-state index in [1.807, 2.05) is 12.1 Å². The lowest BCUT2D eigenvalue weighted by molar-refractivity contribution is -0.121. The molecule has 0 radical (unpaired) electrons. The standard InChI is InChI=1S/C15H17ClN2O3/c1-9(8-19)17-14(20)7-13-10(2)21-15(18-13)11-3-5-12(16)6-4-11/h3-6,9,19H,7-8H2,1-2H3,(H,17,20). The number of aliphatic hydroxyl groups is 1. The van der Waals surface area contributed by atoms with Crippen molar-refractivity contribution in [1.29, 1.82) is 0 Å². The number of carbonyl (C=O) groups is 1. The molecule has 0 spiro atoms. The van der Waals surface area contributed by atoms with Gasteiger partial charge in [0.05, 0.1) is 18.7 Å². The molecule has 0 saturated heterocycles. The third kappa shape index (κ3) is 4.06. The van der Waals surface area contributed by atoms with Crippen molar-refractivity contribution < 1.29 is 14.3 Å². The second-order valence-corrected chi connectivity index (χ2v) is 5.29. The van der Waals surface area contributed by atoms with Crippen molar-refractivity contribution in [1.82, 2.24) is 10.3 Å². The van der Waals surface area contributed by atoms with E-state index >= 15 is 0 Å². The Balaban J connectivity index is 2.12. The number of benzene rings is 1. The molecule has 0 saturated carbocycles. The highest BCUT2D eigenvalue weighted by Crippen LogP contribution is 2.23. The minimum absolute atomic E-state index is 0.0977. The average Bonchev–Trinajstić information content (AvgIpc) is 2.80. The van der Waals surface area contributed by atoms with Gasteiger partial charge in [-0.15, -0.1) is 0 Å². The molecule has 112 valence electrons. The van der Waals surface area contributed by atoms with Crippen LogP contribution in [0.5, 0.6) is 0 Å². The van der Waals surface area contributed by atoms with E-state index in [9.17, 15) is 4.79 Å². The predicted octanol–water partition coefficient (Wildman–Crippen LogP) is 2.34. The summed E-state index contributed by atoms with van der Waals surface area (Å²) in [6.07, 6.45) is 0.118. The van der Waals surface area contributed by atoms with Gasteiger partial charge in [-0.3, -0.25) is 4.79 Å². The molecule has 1 amide bonds. The number of oxazole rings is 1. The molecule has 2 rings (SSSR count). The maximum atomic E-state index is 11.8. The Morgan fingerprint density at radius 2 is 2.10 bits per heavy atom. The van der Waals surface area contributed by atoms with Crippen LogP contribution in [-0.2, 0) is 11.2 Å². The van der Waals surface area contributed by atoms with E-state index in [0.717, 1.165) is 5.56 Å². The number of hydrogen-bond acceptors (Lipinski definition) is 4. The Morgan fingerprint density at radius 3 is 2.71 bits per heavy atom. The molecule has 1 heterocycles. The molecule has 0 aliphatic heterocycles. The molecule has 1 unspecified atom stereocenters. The maximum Gasteiger partial charge on any atom is 0.226 e. The van der Waals surface area contributed by atoms with Crippen molar-refractivity contribution in [3.8, 4) is 11.5 Å². The highest BCUT2D eigenvalue weighted by atomic mass is 35.5. The molecule has 1 aromatic carbocycles. The summed E-state index contributed by atoms with van der Waals surface area (Å²) in [5, 5.41) is 12.2. The normalized spacial score (nSPS) is 12.2. The SMILES string of the molecule is Cc1oc(-c2ccc(Cl)cc2)nc1CC(=O)NC(C)CO. The number of amides is 1. The van der Waals surface area contributed by atoms with E-state index in [2.05, 4.69) is 10.3 Å². The number of aromatic nitrogens is 1. The average molecular weight is 309 g/mol. The lowest BCUT2D eigenvalue weighted by Crippen LogP contribution is -2.36. The second-order valence-electron chi connectivity index (χ2n) is 4.86. The number of rotatable bonds is 5. The van der Waals surface area contributed by atoms with Crippen LogP contribution in [0.15, 0.2) is 28.7 Å². The maximum absolute atomic E-state index is 11.8. The first-order valence-electron chi connectivity index (χ1n) is 6.62. The van der Waals surface area contributed by atoms with Crippen LogP contribution in [0.25, 0.3) is 11.5 Å². The van der Waals surface area contributed by atoms with Crippen molar-refractivity contribution in [2.75, 3.05) is 6.61 Å². The van der Waals surface area contributed by atoms with E-state index in [-0.39, 0.29) is 25.0 Å². The Morgan fingerprint density at radius 1 is 1.43 bits per heavy atom. The molecule has 0 aliphatic rings. The number of carbonyl (C=O) groups excluding carboxylic acids is 1. The van der Waals surface area contributed by atoms with Crippen molar-refractivity contribution in [3.05, 3.63) is 40.7 Å². The number of aliphatic hydroxyl groups excluding tert-OH is 1. The highest BCUT2D eigenvalue weighted by molar-refractivity contribution is 6.30. The van der Waals surface area contributed by atoms with Gasteiger partial charge in [0.1, 0.15) is 5.76 Å². The highest BCUT2D eigenvalue weighted by Gasteiger charge is 2.15. The Kier molecular flexibility index (Phi) is 4.98. The molecule has 5 nitrogen and oxygen atoms in total. The fraction of sp³-hybridized carbons (Fsp3) is 0.333. The first-order valence-corrected chi connectivity index (χ1v) is 7.00. The zero-order valence-electron chi connectivity index (χ0n) is 11.9. The van der Waals surface area contributed by atoms with Crippen LogP contribution in [0.1, 0.15) is 18.4 Å². The molecule has 0 aliphatic carbocycles. The van der Waals surface area contributed by atoms with Gasteiger partial charge in [-0.25, -0.2) is 4.98 Å². The molecule has 1 atom stereocenters. The summed E-state index contributed by atoms with van der Waals surface area (Å²) in [6.45, 7) is 3.40. The zero-order chi connectivity index (χ0) is 15.4. The fourth-order valence-corrected chi connectivity index (χ4v) is 1.96. The molecule has 6 heteroatoms. The van der Waals surface area contributed by atoms with Gasteiger partial charge in [0.25, 0.3) is 0 Å². The van der Waals surface area contributed by atoms with Gasteiger partial charge < -0.3 is 14.8 Å². The van der Waals surface area contributed by atoms with Gasteiger partial charge in [-0.1, -0.05) is 11.6 Å². The number of nitrogens with one attached hydrogen (secondary N) is 1. The molecule has 2 aromatic rings. The largest absolute Gasteiger partial charge is 0.441 e. The first-order chi connectivity index (χ1) is 9.99. The molecule has 2 N–H and O–H groups in total. The third-order valence-corrected chi connectivity index (χ3v) is 3.25. The molecule has 0 fully saturated rings. The van der Waals surface area contributed by atoms with E-state index in [0.29, 0.717) is 22.4 Å². The van der Waals surface area contributed by atoms with Crippen LogP contribution in [0, 0.1) is 6.92 Å². The van der Waals surface area contributed by atoms with Gasteiger partial charge in [-0.05, 0) is 38.1 Å². The van der Waals surface area contributed by atoms with Crippen LogP contribution in [-0.4, -0.2) is 28.6 Å². The summed E-state index contributed by atoms with van der Waals surface area (Å²) in [6, 6.07) is 6.86. The number of hydrogen-bond donors (Lipinski definition) is 2. The van der Waals surface area contributed by atoms with Gasteiger partial charge >= 0.3 is 0 Å². The number of nitrogens with zero attached hydrogens (tertiary/aromatic N) is 1. The van der Waals surface area contributed by atoms with Crippen LogP contribution in [0.3, 0.4) is 0 Å². The number of aryl methyl sites for hydroxylation is 1. The molecular weight excluding hydrogens is 292 g/mol. The van der Waals surface area contributed by atoms with E-state index in [4.69, 9.17) is 21.1 Å². The molecule has 21 heavy (non-hydrogen) atoms. The van der Waals surface area contributed by atoms with Gasteiger partial charge in [0.15, 0.2) is 0 Å². The van der Waals surface area contributed by atoms with Crippen LogP contribution in [0.2, 0.25) is 5.02 Å². The van der Waals surface area contributed by atoms with Gasteiger partial charge in [0.2, 0.25) is 11.8 Å². The lowest BCUT2D eigenvalue weighted by Gasteiger charge is -2.09. The summed E-state index contributed by atoms with van der Waals surface area (Å²) in [4.78, 5) is 16.2. The Bertz CT molecular complexity index is 622. The minimum atomic E-state index is -0.277. The van der Waals surface area contributed by atoms with E-state index < -0.39 is 0 Å². The lowest BCUT2D eigenvalue weighted by atomic mass is 10.2. The van der Waals surface area contributed by atoms with Crippen molar-refractivity contribution >= 4 is 17.5 Å². The molecular formula is C15H17ClN2O3. The van der Waals surface area contributed by atoms with Crippen molar-refractivity contribution in [3.63, 3.8) is 0 Å². The molecule has 0 bridgehead atoms. The van der Waals surface area contributed by atoms with E-state index in [1.54, 1.807) is 26.0 Å². The summed E-state index contributed by atoms with van der Waals surface area (Å²) in [5.41, 5.74) is 1.39. The smallest absolute Gasteiger partial charge is 0.226 e. The minimum Gasteiger partial charge on any atom is -0.441 e. The Hall–Kier alpha value is -1.85. The zero-order valence-corrected chi connectivity index (χ0v) is 12.6. The van der Waals surface area contributed by atoms with Crippen molar-refractivity contribution in [2.45, 2.75) is 26.3 Å². The quantitative estimate of drug-likeness (QED) is 0.889. The van der Waals surface area contributed by atoms with Crippen molar-refractivity contribution in [2.24, 2.45) is 0 Å². The summed E-state index contributed by atoms with van der Waals surface area (Å²) < 4.78 is 5.59. The third-order valence-electron chi connectivity index (χ3n) is 2.99. The van der Waals surface area contributed by atoms with Crippen LogP contribution < -0.4 is 5.32 Å². The first kappa shape index (κ1) is 15.5. The van der Waals surface area contributed by atoms with Gasteiger partial charge in [-0.2, -0.15) is 0 Å². The summed E-state index contributed by atoms with van der Waals surface area (Å²) in [7, 11) is 0. The summed E-state index contributed by atoms with van der Waals surface area (Å²) in [5.74, 6) is 0.865. The Labute approximate surface area is 128 Å². The van der Waals surface area contributed by atoms with E-state index in [1.165, 1.54) is 0 Å². The number of halogens is 1. The van der Waals surface area contributed by atoms with Gasteiger partial charge in [0, 0.05) is 16.6 Å². The fourth-order valence-electron chi connectivity index (χ4n) is 1.83. The predicted molar refractivity (Wildman–Crippen MR) is 80.1 cm³/mol. The second kappa shape index (κ2) is 6.74. The topological polar surface area (TPSA) is 75.4 Å².